The van der Waals surface area contributed by atoms with E-state index in [0.29, 0.717) is 0 Å². The lowest BCUT2D eigenvalue weighted by Crippen LogP contribution is -2.31. The van der Waals surface area contributed by atoms with Crippen LogP contribution in [0.4, 0.5) is 0 Å². The molecule has 100 valence electrons. The summed E-state index contributed by atoms with van der Waals surface area (Å²) < 4.78 is 0. The number of likely N-dealkylation sites (tertiary alicyclic amines) is 1. The van der Waals surface area contributed by atoms with E-state index in [9.17, 15) is 4.79 Å². The van der Waals surface area contributed by atoms with Crippen LogP contribution in [0.5, 0.6) is 0 Å². The lowest BCUT2D eigenvalue weighted by Gasteiger charge is -2.21. The highest BCUT2D eigenvalue weighted by atomic mass is 32.1. The van der Waals surface area contributed by atoms with Crippen LogP contribution in [0.15, 0.2) is 16.3 Å². The standard InChI is InChI=1S/C14H21NOS2/c1-10(2)11-4-3-6-15(7-5-11)14(16)13-8-12(17)9-18-13/h8-11,17H,3-7H2,1-2H3. The minimum absolute atomic E-state index is 0.185. The first-order valence-electron chi connectivity index (χ1n) is 6.64. The summed E-state index contributed by atoms with van der Waals surface area (Å²) in [6.45, 7) is 6.38. The van der Waals surface area contributed by atoms with Gasteiger partial charge in [-0.2, -0.15) is 0 Å². The van der Waals surface area contributed by atoms with Gasteiger partial charge in [0.1, 0.15) is 0 Å². The van der Waals surface area contributed by atoms with E-state index in [-0.39, 0.29) is 5.91 Å². The number of carbonyl (C=O) groups excluding carboxylic acids is 1. The minimum Gasteiger partial charge on any atom is -0.338 e. The fourth-order valence-electron chi connectivity index (χ4n) is 2.59. The van der Waals surface area contributed by atoms with Gasteiger partial charge in [0.15, 0.2) is 0 Å². The van der Waals surface area contributed by atoms with Crippen LogP contribution < -0.4 is 0 Å². The summed E-state index contributed by atoms with van der Waals surface area (Å²) in [7, 11) is 0. The van der Waals surface area contributed by atoms with Crippen LogP contribution in [-0.4, -0.2) is 23.9 Å². The Hall–Kier alpha value is -0.480. The number of amides is 1. The molecule has 0 aliphatic carbocycles. The topological polar surface area (TPSA) is 20.3 Å². The molecule has 0 aromatic carbocycles. The van der Waals surface area contributed by atoms with Crippen LogP contribution in [0.1, 0.15) is 42.8 Å². The first-order chi connectivity index (χ1) is 8.58. The van der Waals surface area contributed by atoms with Gasteiger partial charge in [-0.1, -0.05) is 13.8 Å². The van der Waals surface area contributed by atoms with Gasteiger partial charge in [-0.05, 0) is 37.2 Å². The molecule has 2 nitrogen and oxygen atoms in total. The lowest BCUT2D eigenvalue weighted by atomic mass is 9.89. The smallest absolute Gasteiger partial charge is 0.263 e. The zero-order valence-corrected chi connectivity index (χ0v) is 12.8. The van der Waals surface area contributed by atoms with Gasteiger partial charge < -0.3 is 4.90 Å². The molecule has 2 rings (SSSR count). The van der Waals surface area contributed by atoms with Gasteiger partial charge in [0.25, 0.3) is 5.91 Å². The molecule has 1 aliphatic rings. The largest absolute Gasteiger partial charge is 0.338 e. The van der Waals surface area contributed by atoms with Crippen molar-refractivity contribution < 1.29 is 4.79 Å². The van der Waals surface area contributed by atoms with Crippen LogP contribution in [0, 0.1) is 11.8 Å². The number of carbonyl (C=O) groups is 1. The third kappa shape index (κ3) is 3.29. The van der Waals surface area contributed by atoms with E-state index in [1.54, 1.807) is 0 Å². The number of rotatable bonds is 2. The molecule has 0 N–H and O–H groups in total. The van der Waals surface area contributed by atoms with Crippen molar-refractivity contribution >= 4 is 29.9 Å². The van der Waals surface area contributed by atoms with Crippen molar-refractivity contribution in [1.29, 1.82) is 0 Å². The number of hydrogen-bond acceptors (Lipinski definition) is 3. The Bertz CT molecular complexity index is 414. The average Bonchev–Trinajstić information content (AvgIpc) is 2.63. The van der Waals surface area contributed by atoms with Crippen LogP contribution in [-0.2, 0) is 0 Å². The summed E-state index contributed by atoms with van der Waals surface area (Å²) in [5.41, 5.74) is 0. The summed E-state index contributed by atoms with van der Waals surface area (Å²) in [5, 5.41) is 1.92. The van der Waals surface area contributed by atoms with Crippen LogP contribution in [0.2, 0.25) is 0 Å². The zero-order valence-electron chi connectivity index (χ0n) is 11.1. The fourth-order valence-corrected chi connectivity index (χ4v) is 3.70. The summed E-state index contributed by atoms with van der Waals surface area (Å²) in [5.74, 6) is 1.68. The second-order valence-corrected chi connectivity index (χ2v) is 6.82. The molecule has 1 saturated heterocycles. The van der Waals surface area contributed by atoms with Crippen LogP contribution >= 0.6 is 24.0 Å². The van der Waals surface area contributed by atoms with Gasteiger partial charge in [0.05, 0.1) is 4.88 Å². The Morgan fingerprint density at radius 3 is 2.83 bits per heavy atom. The molecule has 0 bridgehead atoms. The number of nitrogens with zero attached hydrogens (tertiary/aromatic N) is 1. The van der Waals surface area contributed by atoms with Gasteiger partial charge >= 0.3 is 0 Å². The average molecular weight is 283 g/mol. The number of thiophene rings is 1. The van der Waals surface area contributed by atoms with Crippen molar-refractivity contribution in [3.63, 3.8) is 0 Å². The molecule has 1 atom stereocenters. The third-order valence-corrected chi connectivity index (χ3v) is 5.15. The number of thiol groups is 1. The summed E-state index contributed by atoms with van der Waals surface area (Å²) in [6, 6.07) is 1.88. The highest BCUT2D eigenvalue weighted by Gasteiger charge is 2.23. The molecular formula is C14H21NOS2. The van der Waals surface area contributed by atoms with Crippen LogP contribution in [0.3, 0.4) is 0 Å². The SMILES string of the molecule is CC(C)C1CCCN(C(=O)c2cc(S)cs2)CC1. The summed E-state index contributed by atoms with van der Waals surface area (Å²) in [4.78, 5) is 16.1. The maximum absolute atomic E-state index is 12.3. The Morgan fingerprint density at radius 2 is 2.22 bits per heavy atom. The van der Waals surface area contributed by atoms with Crippen molar-refractivity contribution in [3.8, 4) is 0 Å². The van der Waals surface area contributed by atoms with E-state index in [0.717, 1.165) is 47.5 Å². The molecule has 1 aliphatic heterocycles. The highest BCUT2D eigenvalue weighted by molar-refractivity contribution is 7.80. The molecule has 0 spiro atoms. The Kier molecular flexibility index (Phi) is 4.73. The molecule has 1 aromatic heterocycles. The first kappa shape index (κ1) is 13.9. The molecule has 1 unspecified atom stereocenters. The summed E-state index contributed by atoms with van der Waals surface area (Å²) in [6.07, 6.45) is 3.53. The monoisotopic (exact) mass is 283 g/mol. The Balaban J connectivity index is 1.99. The number of hydrogen-bond donors (Lipinski definition) is 1. The van der Waals surface area contributed by atoms with Crippen molar-refractivity contribution in [3.05, 3.63) is 16.3 Å². The van der Waals surface area contributed by atoms with Crippen LogP contribution in [0.25, 0.3) is 0 Å². The normalized spacial score (nSPS) is 21.1. The molecule has 0 radical (unpaired) electrons. The highest BCUT2D eigenvalue weighted by Crippen LogP contribution is 2.26. The maximum Gasteiger partial charge on any atom is 0.263 e. The predicted molar refractivity (Wildman–Crippen MR) is 79.7 cm³/mol. The van der Waals surface area contributed by atoms with Crippen molar-refractivity contribution in [2.75, 3.05) is 13.1 Å². The molecule has 1 fully saturated rings. The molecular weight excluding hydrogens is 262 g/mol. The molecule has 1 aromatic rings. The molecule has 18 heavy (non-hydrogen) atoms. The lowest BCUT2D eigenvalue weighted by molar-refractivity contribution is 0.0763. The van der Waals surface area contributed by atoms with Crippen molar-refractivity contribution in [2.45, 2.75) is 38.0 Å². The predicted octanol–water partition coefficient (Wildman–Crippen LogP) is 3.94. The van der Waals surface area contributed by atoms with Gasteiger partial charge in [-0.15, -0.1) is 24.0 Å². The van der Waals surface area contributed by atoms with Crippen molar-refractivity contribution in [1.82, 2.24) is 4.90 Å². The summed E-state index contributed by atoms with van der Waals surface area (Å²) >= 11 is 5.76. The van der Waals surface area contributed by atoms with Gasteiger partial charge in [-0.3, -0.25) is 4.79 Å². The third-order valence-electron chi connectivity index (χ3n) is 3.80. The zero-order chi connectivity index (χ0) is 13.1. The fraction of sp³-hybridized carbons (Fsp3) is 0.643. The molecule has 4 heteroatoms. The molecule has 0 saturated carbocycles. The maximum atomic E-state index is 12.3. The first-order valence-corrected chi connectivity index (χ1v) is 7.97. The van der Waals surface area contributed by atoms with E-state index < -0.39 is 0 Å². The van der Waals surface area contributed by atoms with Gasteiger partial charge in [0, 0.05) is 23.4 Å². The quantitative estimate of drug-likeness (QED) is 0.815. The second kappa shape index (κ2) is 6.11. The second-order valence-electron chi connectivity index (χ2n) is 5.40. The molecule has 1 amide bonds. The minimum atomic E-state index is 0.185. The van der Waals surface area contributed by atoms with E-state index in [4.69, 9.17) is 0 Å². The van der Waals surface area contributed by atoms with E-state index >= 15 is 0 Å². The van der Waals surface area contributed by atoms with Gasteiger partial charge in [-0.25, -0.2) is 0 Å². The van der Waals surface area contributed by atoms with E-state index in [1.165, 1.54) is 17.8 Å². The Labute approximate surface area is 119 Å². The van der Waals surface area contributed by atoms with Gasteiger partial charge in [0.2, 0.25) is 0 Å². The van der Waals surface area contributed by atoms with Crippen molar-refractivity contribution in [2.24, 2.45) is 11.8 Å². The van der Waals surface area contributed by atoms with E-state index in [2.05, 4.69) is 26.5 Å². The van der Waals surface area contributed by atoms with E-state index in [1.807, 2.05) is 16.3 Å². The Morgan fingerprint density at radius 1 is 1.44 bits per heavy atom. The molecule has 2 heterocycles.